The number of rotatable bonds is 18. The summed E-state index contributed by atoms with van der Waals surface area (Å²) in [5.74, 6) is -1.48. The fraction of sp³-hybridized carbons (Fsp3) is 0.887. The van der Waals surface area contributed by atoms with Gasteiger partial charge in [0.1, 0.15) is 55.6 Å². The largest absolute Gasteiger partial charge is 0.462 e. The molecule has 0 aromatic rings. The van der Waals surface area contributed by atoms with Crippen LogP contribution in [0.4, 0.5) is 0 Å². The molecule has 0 radical (unpaired) electrons. The molecule has 0 aromatic carbocycles. The number of hydrogen-bond donors (Lipinski definition) is 0. The molecular weight excluding hydrogens is 1050 g/mol. The zero-order valence-electron chi connectivity index (χ0n) is 52.4. The SMILES string of the molecule is CCC(C)(C)C(=O)OC1(C2CCCC2OC(=O)C(C)(C)C)CCCC1.CCC(C)(C)C(=O)OC1C2CC3C(=O)OC1C3O2.CCC(C)(C)C(=O)OC1COC(=O)C1.CCC(C)(C)C(=O)O[C@H]1CO[C@H]2[C@@H]1OC[C@H]2OCOCC(C)(C)C. The highest BCUT2D eigenvalue weighted by molar-refractivity contribution is 5.80. The molecule has 8 rings (SSSR count). The van der Waals surface area contributed by atoms with Gasteiger partial charge in [0.05, 0.1) is 65.3 Å². The predicted octanol–water partition coefficient (Wildman–Crippen LogP) is 9.90. The van der Waals surface area contributed by atoms with Gasteiger partial charge < -0.3 is 56.8 Å². The molecule has 8 unspecified atom stereocenters. The first-order chi connectivity index (χ1) is 37.5. The maximum absolute atomic E-state index is 12.8. The smallest absolute Gasteiger partial charge is 0.312 e. The number of cyclic esters (lactones) is 1. The quantitative estimate of drug-likeness (QED) is 0.0538. The summed E-state index contributed by atoms with van der Waals surface area (Å²) < 4.78 is 66.8. The molecule has 8 aliphatic rings. The summed E-state index contributed by atoms with van der Waals surface area (Å²) in [4.78, 5) is 83.3. The van der Waals surface area contributed by atoms with Crippen molar-refractivity contribution in [2.24, 2.45) is 44.3 Å². The molecule has 0 aromatic heterocycles. The van der Waals surface area contributed by atoms with Gasteiger partial charge >= 0.3 is 41.8 Å². The molecule has 2 bridgehead atoms. The van der Waals surface area contributed by atoms with Crippen LogP contribution in [0.15, 0.2) is 0 Å². The van der Waals surface area contributed by atoms with Crippen molar-refractivity contribution < 1.29 is 90.4 Å². The van der Waals surface area contributed by atoms with Crippen LogP contribution in [0.1, 0.15) is 208 Å². The lowest BCUT2D eigenvalue weighted by molar-refractivity contribution is -0.186. The molecule has 464 valence electrons. The summed E-state index contributed by atoms with van der Waals surface area (Å²) >= 11 is 0. The Morgan fingerprint density at radius 1 is 0.568 bits per heavy atom. The van der Waals surface area contributed by atoms with Crippen LogP contribution in [0.25, 0.3) is 0 Å². The zero-order valence-corrected chi connectivity index (χ0v) is 52.4. The van der Waals surface area contributed by atoms with Crippen molar-refractivity contribution >= 4 is 41.8 Å². The lowest BCUT2D eigenvalue weighted by Gasteiger charge is -2.40. The van der Waals surface area contributed by atoms with Crippen molar-refractivity contribution in [3.63, 3.8) is 0 Å². The predicted molar refractivity (Wildman–Crippen MR) is 297 cm³/mol. The molecular formula is C62H102O19. The number of ether oxygens (including phenoxy) is 12. The molecule has 6 saturated heterocycles. The van der Waals surface area contributed by atoms with Crippen molar-refractivity contribution in [2.45, 2.75) is 275 Å². The summed E-state index contributed by atoms with van der Waals surface area (Å²) in [5.41, 5.74) is -2.79. The van der Waals surface area contributed by atoms with Crippen LogP contribution in [0.5, 0.6) is 0 Å². The van der Waals surface area contributed by atoms with Crippen LogP contribution in [-0.4, -0.2) is 142 Å². The van der Waals surface area contributed by atoms with E-state index in [1.165, 1.54) is 0 Å². The molecule has 19 nitrogen and oxygen atoms in total. The van der Waals surface area contributed by atoms with E-state index in [9.17, 15) is 33.6 Å². The molecule has 6 aliphatic heterocycles. The topological polar surface area (TPSA) is 230 Å². The van der Waals surface area contributed by atoms with Crippen molar-refractivity contribution in [3.8, 4) is 0 Å². The minimum atomic E-state index is -0.510. The first kappa shape index (κ1) is 67.9. The Balaban J connectivity index is 0.000000202. The molecule has 8 fully saturated rings. The monoisotopic (exact) mass is 1150 g/mol. The maximum atomic E-state index is 12.8. The second-order valence-corrected chi connectivity index (χ2v) is 28.3. The molecule has 2 saturated carbocycles. The summed E-state index contributed by atoms with van der Waals surface area (Å²) in [6.45, 7) is 36.7. The lowest BCUT2D eigenvalue weighted by atomic mass is 9.81. The molecule has 81 heavy (non-hydrogen) atoms. The van der Waals surface area contributed by atoms with Crippen LogP contribution in [0.2, 0.25) is 0 Å². The van der Waals surface area contributed by atoms with Gasteiger partial charge in [-0.3, -0.25) is 33.6 Å². The highest BCUT2D eigenvalue weighted by atomic mass is 16.7. The van der Waals surface area contributed by atoms with Gasteiger partial charge in [-0.05, 0) is 159 Å². The highest BCUT2D eigenvalue weighted by Gasteiger charge is 2.65. The van der Waals surface area contributed by atoms with E-state index in [0.29, 0.717) is 39.1 Å². The van der Waals surface area contributed by atoms with Gasteiger partial charge in [0.2, 0.25) is 0 Å². The molecule has 19 heteroatoms. The Hall–Kier alpha value is -3.91. The minimum absolute atomic E-state index is 0.104. The maximum Gasteiger partial charge on any atom is 0.312 e. The van der Waals surface area contributed by atoms with Gasteiger partial charge in [0, 0.05) is 5.92 Å². The average molecular weight is 1150 g/mol. The van der Waals surface area contributed by atoms with Crippen molar-refractivity contribution in [3.05, 3.63) is 0 Å². The van der Waals surface area contributed by atoms with E-state index >= 15 is 0 Å². The first-order valence-corrected chi connectivity index (χ1v) is 30.1. The van der Waals surface area contributed by atoms with E-state index in [4.69, 9.17) is 56.8 Å². The molecule has 0 spiro atoms. The summed E-state index contributed by atoms with van der Waals surface area (Å²) in [5, 5.41) is 0. The first-order valence-electron chi connectivity index (χ1n) is 30.1. The van der Waals surface area contributed by atoms with E-state index in [1.807, 2.05) is 104 Å². The minimum Gasteiger partial charge on any atom is -0.462 e. The lowest BCUT2D eigenvalue weighted by Crippen LogP contribution is -2.47. The Morgan fingerprint density at radius 3 is 1.62 bits per heavy atom. The summed E-state index contributed by atoms with van der Waals surface area (Å²) in [7, 11) is 0. The third-order valence-corrected chi connectivity index (χ3v) is 17.7. The van der Waals surface area contributed by atoms with Crippen molar-refractivity contribution in [2.75, 3.05) is 33.2 Å². The third-order valence-electron chi connectivity index (χ3n) is 17.7. The Morgan fingerprint density at radius 2 is 1.09 bits per heavy atom. The Kier molecular flexibility index (Phi) is 23.0. The fourth-order valence-corrected chi connectivity index (χ4v) is 10.4. The van der Waals surface area contributed by atoms with Crippen LogP contribution in [0.3, 0.4) is 0 Å². The standard InChI is InChI=1S/C21H36O4.C18H32O6.C13H18O5.C10H16O4/c1-7-20(5,6)18(23)25-21(13-8-9-14-21)15-11-10-12-16(15)24-17(22)19(2,3)4;1-7-18(5,6)16(19)24-13-9-22-14-12(8-21-15(13)14)23-11-20-10-17(2,3)4;1-4-13(2,3)12(15)18-9-7-5-6-8(16-7)10(9)17-11(6)14;1-4-10(2,3)9(12)14-7-5-8(11)13-6-7/h15-16H,7-14H2,1-6H3;12-15H,7-11H2,1-6H3;6-10H,4-5H2,1-3H3;7H,4-6H2,1-3H3/t;12-,13+,14-,15-;;/m.1../s1. The van der Waals surface area contributed by atoms with E-state index in [1.54, 1.807) is 0 Å². The summed E-state index contributed by atoms with van der Waals surface area (Å²) in [6.07, 6.45) is 7.84. The second kappa shape index (κ2) is 27.4. The van der Waals surface area contributed by atoms with Crippen molar-refractivity contribution in [1.82, 2.24) is 0 Å². The Labute approximate surface area is 482 Å². The van der Waals surface area contributed by atoms with E-state index in [2.05, 4.69) is 20.8 Å². The number of esters is 7. The molecule has 0 N–H and O–H groups in total. The Bertz CT molecular complexity index is 2160. The third kappa shape index (κ3) is 17.4. The molecule has 12 atom stereocenters. The normalized spacial score (nSPS) is 30.1. The highest BCUT2D eigenvalue weighted by Crippen LogP contribution is 2.50. The second-order valence-electron chi connectivity index (χ2n) is 28.3. The van der Waals surface area contributed by atoms with E-state index < -0.39 is 44.9 Å². The van der Waals surface area contributed by atoms with Gasteiger partial charge in [-0.1, -0.05) is 48.5 Å². The van der Waals surface area contributed by atoms with Gasteiger partial charge in [0.15, 0.2) is 18.3 Å². The number of carbonyl (C=O) groups is 7. The number of carbonyl (C=O) groups excluding carboxylic acids is 7. The van der Waals surface area contributed by atoms with Gasteiger partial charge in [-0.25, -0.2) is 0 Å². The van der Waals surface area contributed by atoms with Gasteiger partial charge in [0.25, 0.3) is 0 Å². The van der Waals surface area contributed by atoms with E-state index in [0.717, 1.165) is 57.8 Å². The molecule has 2 aliphatic carbocycles. The average Bonchev–Trinajstić information content (AvgIpc) is 4.49. The fourth-order valence-electron chi connectivity index (χ4n) is 10.4. The van der Waals surface area contributed by atoms with Crippen LogP contribution in [-0.2, 0) is 90.4 Å². The van der Waals surface area contributed by atoms with E-state index in [-0.39, 0.29) is 128 Å². The van der Waals surface area contributed by atoms with Crippen LogP contribution >= 0.6 is 0 Å². The summed E-state index contributed by atoms with van der Waals surface area (Å²) in [6, 6.07) is 0. The number of hydrogen-bond acceptors (Lipinski definition) is 19. The van der Waals surface area contributed by atoms with Crippen LogP contribution < -0.4 is 0 Å². The van der Waals surface area contributed by atoms with Crippen LogP contribution in [0, 0.1) is 44.3 Å². The zero-order chi connectivity index (χ0) is 60.7. The molecule has 6 heterocycles. The number of fused-ring (bicyclic) bond motifs is 2. The van der Waals surface area contributed by atoms with Gasteiger partial charge in [-0.2, -0.15) is 0 Å². The van der Waals surface area contributed by atoms with Gasteiger partial charge in [-0.15, -0.1) is 0 Å². The van der Waals surface area contributed by atoms with Crippen molar-refractivity contribution in [1.29, 1.82) is 0 Å². The molecule has 0 amide bonds.